The number of ether oxygens (including phenoxy) is 1. The molecule has 1 heterocycles. The second-order valence-corrected chi connectivity index (χ2v) is 10.0. The zero-order valence-corrected chi connectivity index (χ0v) is 18.9. The topological polar surface area (TPSA) is 59.4 Å². The lowest BCUT2D eigenvalue weighted by Crippen LogP contribution is -2.10. The van der Waals surface area contributed by atoms with Gasteiger partial charge >= 0.3 is 5.97 Å². The van der Waals surface area contributed by atoms with Crippen LogP contribution in [-0.4, -0.2) is 22.7 Å². The van der Waals surface area contributed by atoms with Crippen LogP contribution >= 0.6 is 23.1 Å². The summed E-state index contributed by atoms with van der Waals surface area (Å²) in [5.74, 6) is -0.384. The highest BCUT2D eigenvalue weighted by molar-refractivity contribution is 8.01. The van der Waals surface area contributed by atoms with E-state index in [1.54, 1.807) is 23.1 Å². The van der Waals surface area contributed by atoms with Gasteiger partial charge in [0, 0.05) is 10.4 Å². The average molecular weight is 460 g/mol. The molecule has 0 saturated carbocycles. The summed E-state index contributed by atoms with van der Waals surface area (Å²) in [6.07, 6.45) is 1.84. The maximum absolute atomic E-state index is 10.8. The lowest BCUT2D eigenvalue weighted by Gasteiger charge is -2.16. The number of aryl methyl sites for hydroxylation is 2. The molecule has 0 bridgehead atoms. The van der Waals surface area contributed by atoms with Crippen molar-refractivity contribution in [2.24, 2.45) is 0 Å². The highest BCUT2D eigenvalue weighted by Crippen LogP contribution is 2.46. The summed E-state index contributed by atoms with van der Waals surface area (Å²) in [6, 6.07) is 26.9. The number of aromatic nitrogens is 1. The number of hydrogen-bond donors (Lipinski definition) is 1. The smallest absolute Gasteiger partial charge is 0.341 e. The van der Waals surface area contributed by atoms with Gasteiger partial charge in [-0.05, 0) is 47.7 Å². The molecule has 0 atom stereocenters. The second kappa shape index (κ2) is 9.18. The van der Waals surface area contributed by atoms with Crippen LogP contribution in [0, 0.1) is 0 Å². The molecule has 5 rings (SSSR count). The van der Waals surface area contributed by atoms with E-state index in [2.05, 4.69) is 48.5 Å². The van der Waals surface area contributed by atoms with E-state index >= 15 is 0 Å². The molecule has 160 valence electrons. The van der Waals surface area contributed by atoms with E-state index in [9.17, 15) is 4.79 Å². The van der Waals surface area contributed by atoms with E-state index in [0.29, 0.717) is 5.75 Å². The lowest BCUT2D eigenvalue weighted by molar-refractivity contribution is -0.139. The zero-order valence-electron chi connectivity index (χ0n) is 17.2. The number of fused-ring (bicyclic) bond motifs is 3. The van der Waals surface area contributed by atoms with Crippen molar-refractivity contribution in [2.75, 3.05) is 6.61 Å². The zero-order chi connectivity index (χ0) is 21.9. The van der Waals surface area contributed by atoms with Gasteiger partial charge in [0.05, 0.1) is 10.9 Å². The first-order valence-electron chi connectivity index (χ1n) is 10.4. The van der Waals surface area contributed by atoms with Crippen LogP contribution in [-0.2, 0) is 17.6 Å². The van der Waals surface area contributed by atoms with E-state index in [1.165, 1.54) is 16.0 Å². The Kier molecular flexibility index (Phi) is 5.97. The Morgan fingerprint density at radius 3 is 2.34 bits per heavy atom. The number of thiazole rings is 1. The van der Waals surface area contributed by atoms with Gasteiger partial charge in [-0.15, -0.1) is 11.3 Å². The molecule has 1 aliphatic carbocycles. The quantitative estimate of drug-likeness (QED) is 0.331. The van der Waals surface area contributed by atoms with Crippen LogP contribution in [0.4, 0.5) is 0 Å². The second-order valence-electron chi connectivity index (χ2n) is 7.57. The first kappa shape index (κ1) is 20.8. The summed E-state index contributed by atoms with van der Waals surface area (Å²) in [4.78, 5) is 17.1. The molecular weight excluding hydrogens is 438 g/mol. The number of carbonyl (C=O) groups is 1. The van der Waals surface area contributed by atoms with Crippen molar-refractivity contribution < 1.29 is 14.6 Å². The summed E-state index contributed by atoms with van der Waals surface area (Å²) < 4.78 is 6.42. The van der Waals surface area contributed by atoms with E-state index in [-0.39, 0.29) is 11.9 Å². The molecule has 32 heavy (non-hydrogen) atoms. The fourth-order valence-electron chi connectivity index (χ4n) is 3.94. The molecule has 1 aliphatic rings. The number of thioether (sulfide) groups is 1. The normalized spacial score (nSPS) is 12.3. The first-order chi connectivity index (χ1) is 15.7. The van der Waals surface area contributed by atoms with Gasteiger partial charge in [-0.3, -0.25) is 0 Å². The van der Waals surface area contributed by atoms with E-state index in [1.807, 2.05) is 30.3 Å². The maximum Gasteiger partial charge on any atom is 0.341 e. The number of carboxylic acid groups (broad SMARTS) is 1. The molecule has 3 aromatic carbocycles. The van der Waals surface area contributed by atoms with Crippen LogP contribution in [0.1, 0.15) is 26.8 Å². The van der Waals surface area contributed by atoms with Crippen LogP contribution in [0.5, 0.6) is 5.75 Å². The number of rotatable bonds is 7. The van der Waals surface area contributed by atoms with Crippen molar-refractivity contribution in [3.63, 3.8) is 0 Å². The Morgan fingerprint density at radius 2 is 1.69 bits per heavy atom. The van der Waals surface area contributed by atoms with E-state index < -0.39 is 5.97 Å². The minimum Gasteiger partial charge on any atom is -0.482 e. The SMILES string of the molecule is O=C(O)COc1ccc2c(c1)CCc1sc(SC(c3ccccc3)c3ccccc3)nc1-2. The highest BCUT2D eigenvalue weighted by atomic mass is 32.2. The molecule has 0 spiro atoms. The number of benzene rings is 3. The standard InChI is InChI=1S/C26H21NO3S2/c28-23(29)16-30-20-12-13-21-19(15-20)11-14-22-24(21)27-26(31-22)32-25(17-7-3-1-4-8-17)18-9-5-2-6-10-18/h1-10,12-13,15,25H,11,14,16H2,(H,28,29). The summed E-state index contributed by atoms with van der Waals surface area (Å²) in [7, 11) is 0. The third kappa shape index (κ3) is 4.42. The molecule has 6 heteroatoms. The number of aliphatic carboxylic acids is 1. The van der Waals surface area contributed by atoms with Crippen LogP contribution in [0.25, 0.3) is 11.3 Å². The molecule has 0 fully saturated rings. The average Bonchev–Trinajstić information content (AvgIpc) is 3.25. The van der Waals surface area contributed by atoms with Crippen LogP contribution in [0.2, 0.25) is 0 Å². The third-order valence-corrected chi connectivity index (χ3v) is 7.94. The minimum atomic E-state index is -0.974. The Labute approximate surface area is 194 Å². The van der Waals surface area contributed by atoms with Gasteiger partial charge in [-0.25, -0.2) is 9.78 Å². The summed E-state index contributed by atoms with van der Waals surface area (Å²) >= 11 is 3.57. The minimum absolute atomic E-state index is 0.177. The van der Waals surface area contributed by atoms with Gasteiger partial charge in [0.15, 0.2) is 10.9 Å². The number of carboxylic acids is 1. The van der Waals surface area contributed by atoms with Gasteiger partial charge < -0.3 is 9.84 Å². The molecular formula is C26H21NO3S2. The van der Waals surface area contributed by atoms with Crippen molar-refractivity contribution in [2.45, 2.75) is 22.4 Å². The third-order valence-electron chi connectivity index (χ3n) is 5.42. The molecule has 4 aromatic rings. The van der Waals surface area contributed by atoms with Crippen molar-refractivity contribution in [3.8, 4) is 17.0 Å². The van der Waals surface area contributed by atoms with Crippen molar-refractivity contribution in [1.29, 1.82) is 0 Å². The molecule has 0 saturated heterocycles. The molecule has 0 unspecified atom stereocenters. The fraction of sp³-hybridized carbons (Fsp3) is 0.154. The molecule has 0 aliphatic heterocycles. The molecule has 1 aromatic heterocycles. The monoisotopic (exact) mass is 459 g/mol. The Balaban J connectivity index is 1.44. The van der Waals surface area contributed by atoms with Gasteiger partial charge in [0.1, 0.15) is 5.75 Å². The Bertz CT molecular complexity index is 1200. The van der Waals surface area contributed by atoms with Crippen LogP contribution in [0.15, 0.2) is 83.2 Å². The van der Waals surface area contributed by atoms with Gasteiger partial charge in [-0.1, -0.05) is 72.4 Å². The number of hydrogen-bond acceptors (Lipinski definition) is 5. The molecule has 1 N–H and O–H groups in total. The van der Waals surface area contributed by atoms with Gasteiger partial charge in [0.2, 0.25) is 0 Å². The molecule has 0 radical (unpaired) electrons. The predicted octanol–water partition coefficient (Wildman–Crippen LogP) is 6.25. The summed E-state index contributed by atoms with van der Waals surface area (Å²) in [6.45, 7) is -0.331. The largest absolute Gasteiger partial charge is 0.482 e. The van der Waals surface area contributed by atoms with Crippen LogP contribution in [0.3, 0.4) is 0 Å². The molecule has 4 nitrogen and oxygen atoms in total. The van der Waals surface area contributed by atoms with Gasteiger partial charge in [0.25, 0.3) is 0 Å². The van der Waals surface area contributed by atoms with Crippen LogP contribution < -0.4 is 4.74 Å². The van der Waals surface area contributed by atoms with Crippen molar-refractivity contribution in [3.05, 3.63) is 100 Å². The number of nitrogens with zero attached hydrogens (tertiary/aromatic N) is 1. The van der Waals surface area contributed by atoms with E-state index in [0.717, 1.165) is 34.0 Å². The van der Waals surface area contributed by atoms with Gasteiger partial charge in [-0.2, -0.15) is 0 Å². The van der Waals surface area contributed by atoms with E-state index in [4.69, 9.17) is 14.8 Å². The van der Waals surface area contributed by atoms with Crippen molar-refractivity contribution >= 4 is 29.1 Å². The fourth-order valence-corrected chi connectivity index (χ4v) is 6.46. The summed E-state index contributed by atoms with van der Waals surface area (Å²) in [5, 5.41) is 9.02. The maximum atomic E-state index is 10.8. The summed E-state index contributed by atoms with van der Waals surface area (Å²) in [5.41, 5.74) is 5.84. The van der Waals surface area contributed by atoms with Crippen molar-refractivity contribution in [1.82, 2.24) is 4.98 Å². The predicted molar refractivity (Wildman–Crippen MR) is 129 cm³/mol. The Morgan fingerprint density at radius 1 is 1.00 bits per heavy atom. The first-order valence-corrected chi connectivity index (χ1v) is 12.1. The Hall–Kier alpha value is -3.09. The lowest BCUT2D eigenvalue weighted by atomic mass is 9.93. The molecule has 0 amide bonds. The highest BCUT2D eigenvalue weighted by Gasteiger charge is 2.24.